The van der Waals surface area contributed by atoms with E-state index in [9.17, 15) is 0 Å². The summed E-state index contributed by atoms with van der Waals surface area (Å²) in [6.45, 7) is 3.11. The smallest absolute Gasteiger partial charge is 0.330 e. The van der Waals surface area contributed by atoms with Crippen LogP contribution in [0.25, 0.3) is 0 Å². The van der Waals surface area contributed by atoms with Crippen molar-refractivity contribution in [2.45, 2.75) is 0 Å². The van der Waals surface area contributed by atoms with E-state index in [1.165, 1.54) is 0 Å². The van der Waals surface area contributed by atoms with E-state index < -0.39 is 10.3 Å². The van der Waals surface area contributed by atoms with Gasteiger partial charge in [0.15, 0.2) is 0 Å². The third-order valence-electron chi connectivity index (χ3n) is 0.744. The van der Waals surface area contributed by atoms with Gasteiger partial charge in [0.25, 0.3) is 0 Å². The predicted molar refractivity (Wildman–Crippen MR) is 37.4 cm³/mol. The van der Waals surface area contributed by atoms with Crippen molar-refractivity contribution in [1.29, 1.82) is 0 Å². The van der Waals surface area contributed by atoms with Crippen molar-refractivity contribution in [3.8, 4) is 0 Å². The highest BCUT2D eigenvalue weighted by molar-refractivity contribution is 7.83. The molecule has 3 N–H and O–H groups in total. The molecule has 0 spiro atoms. The van der Waals surface area contributed by atoms with Gasteiger partial charge in [-0.05, 0) is 0 Å². The largest absolute Gasteiger partial charge is 0.377 e. The lowest BCUT2D eigenvalue weighted by molar-refractivity contribution is -0.0334. The molecule has 1 saturated heterocycles. The van der Waals surface area contributed by atoms with Gasteiger partial charge in [-0.2, -0.15) is 8.42 Å². The van der Waals surface area contributed by atoms with Gasteiger partial charge in [-0.1, -0.05) is 0 Å². The first-order chi connectivity index (χ1) is 5.00. The summed E-state index contributed by atoms with van der Waals surface area (Å²) in [5.74, 6) is 0. The fraction of sp³-hybridized carbons (Fsp3) is 1.00. The van der Waals surface area contributed by atoms with Gasteiger partial charge in [-0.15, -0.1) is 0 Å². The van der Waals surface area contributed by atoms with Crippen molar-refractivity contribution < 1.29 is 22.4 Å². The monoisotopic (exact) mass is 185 g/mol. The summed E-state index contributed by atoms with van der Waals surface area (Å²) in [5.41, 5.74) is 0. The molecule has 1 aliphatic heterocycles. The molecule has 68 valence electrons. The molecule has 0 aliphatic carbocycles. The molecule has 0 amide bonds. The molecule has 0 aromatic carbocycles. The molecular weight excluding hydrogens is 174 g/mol. The molecule has 0 saturated carbocycles. The second kappa shape index (κ2) is 5.44. The van der Waals surface area contributed by atoms with Crippen LogP contribution >= 0.6 is 0 Å². The van der Waals surface area contributed by atoms with E-state index in [1.54, 1.807) is 0 Å². The van der Waals surface area contributed by atoms with Crippen LogP contribution in [0, 0.1) is 0 Å². The highest BCUT2D eigenvalue weighted by atomic mass is 32.2. The number of hydrogen-bond acceptors (Lipinski definition) is 4. The van der Waals surface area contributed by atoms with E-state index in [4.69, 9.17) is 22.4 Å². The van der Waals surface area contributed by atoms with Crippen LogP contribution < -0.4 is 5.14 Å². The Kier molecular flexibility index (Phi) is 5.34. The second-order valence-electron chi connectivity index (χ2n) is 1.74. The molecule has 6 nitrogen and oxygen atoms in total. The molecule has 0 aromatic heterocycles. The van der Waals surface area contributed by atoms with Crippen LogP contribution in [0.5, 0.6) is 0 Å². The van der Waals surface area contributed by atoms with Crippen molar-refractivity contribution in [2.24, 2.45) is 5.14 Å². The summed E-state index contributed by atoms with van der Waals surface area (Å²) in [5, 5.41) is 3.88. The Morgan fingerprint density at radius 3 is 1.36 bits per heavy atom. The molecule has 0 bridgehead atoms. The van der Waals surface area contributed by atoms with Gasteiger partial charge in [0.2, 0.25) is 0 Å². The maximum Gasteiger partial charge on any atom is 0.330 e. The predicted octanol–water partition coefficient (Wildman–Crippen LogP) is -1.22. The highest BCUT2D eigenvalue weighted by Crippen LogP contribution is 1.85. The van der Waals surface area contributed by atoms with E-state index in [0.29, 0.717) is 0 Å². The summed E-state index contributed by atoms with van der Waals surface area (Å²) in [6, 6.07) is 0. The maximum atomic E-state index is 8.97. The van der Waals surface area contributed by atoms with Crippen molar-refractivity contribution in [3.05, 3.63) is 0 Å². The molecule has 11 heavy (non-hydrogen) atoms. The lowest BCUT2D eigenvalue weighted by Gasteiger charge is -2.09. The molecule has 7 heteroatoms. The number of ether oxygens (including phenoxy) is 2. The van der Waals surface area contributed by atoms with Gasteiger partial charge in [-0.25, -0.2) is 5.14 Å². The van der Waals surface area contributed by atoms with Crippen molar-refractivity contribution in [3.63, 3.8) is 0 Å². The lowest BCUT2D eigenvalue weighted by Crippen LogP contribution is -2.16. The SMILES string of the molecule is C1COCCO1.NS(=O)(=O)O. The first kappa shape index (κ1) is 10.8. The minimum Gasteiger partial charge on any atom is -0.377 e. The average Bonchev–Trinajstić information content (AvgIpc) is 1.88. The van der Waals surface area contributed by atoms with Crippen molar-refractivity contribution >= 4 is 10.3 Å². The molecule has 1 heterocycles. The van der Waals surface area contributed by atoms with Crippen LogP contribution in [0.15, 0.2) is 0 Å². The van der Waals surface area contributed by atoms with Crippen LogP contribution in [-0.4, -0.2) is 39.4 Å². The Labute approximate surface area is 65.2 Å². The topological polar surface area (TPSA) is 98.9 Å². The number of hydrogen-bond donors (Lipinski definition) is 2. The normalized spacial score (nSPS) is 18.4. The lowest BCUT2D eigenvalue weighted by atomic mass is 10.6. The van der Waals surface area contributed by atoms with Gasteiger partial charge in [0.05, 0.1) is 26.4 Å². The van der Waals surface area contributed by atoms with Crippen LogP contribution in [0.3, 0.4) is 0 Å². The van der Waals surface area contributed by atoms with E-state index in [2.05, 4.69) is 5.14 Å². The Bertz CT molecular complexity index is 153. The third kappa shape index (κ3) is 17.7. The summed E-state index contributed by atoms with van der Waals surface area (Å²) >= 11 is 0. The van der Waals surface area contributed by atoms with E-state index >= 15 is 0 Å². The summed E-state index contributed by atoms with van der Waals surface area (Å²) in [7, 11) is -4.17. The van der Waals surface area contributed by atoms with Crippen LogP contribution in [-0.2, 0) is 19.8 Å². The fourth-order valence-electron chi connectivity index (χ4n) is 0.440. The van der Waals surface area contributed by atoms with Gasteiger partial charge in [0, 0.05) is 0 Å². The molecule has 0 atom stereocenters. The molecule has 1 aliphatic rings. The van der Waals surface area contributed by atoms with Gasteiger partial charge in [0.1, 0.15) is 0 Å². The molecular formula is C4H11NO5S. The average molecular weight is 185 g/mol. The van der Waals surface area contributed by atoms with E-state index in [-0.39, 0.29) is 0 Å². The van der Waals surface area contributed by atoms with Crippen molar-refractivity contribution in [2.75, 3.05) is 26.4 Å². The molecule has 0 aromatic rings. The Morgan fingerprint density at radius 1 is 1.09 bits per heavy atom. The van der Waals surface area contributed by atoms with Crippen LogP contribution in [0.4, 0.5) is 0 Å². The summed E-state index contributed by atoms with van der Waals surface area (Å²) in [4.78, 5) is 0. The summed E-state index contributed by atoms with van der Waals surface area (Å²) in [6.07, 6.45) is 0. The third-order valence-corrected chi connectivity index (χ3v) is 0.744. The first-order valence-electron chi connectivity index (χ1n) is 2.91. The van der Waals surface area contributed by atoms with Gasteiger partial charge >= 0.3 is 10.3 Å². The Hall–Kier alpha value is -0.210. The van der Waals surface area contributed by atoms with E-state index in [0.717, 1.165) is 26.4 Å². The zero-order valence-corrected chi connectivity index (χ0v) is 6.71. The fourth-order valence-corrected chi connectivity index (χ4v) is 0.440. The molecule has 1 rings (SSSR count). The van der Waals surface area contributed by atoms with E-state index in [1.807, 2.05) is 0 Å². The van der Waals surface area contributed by atoms with Gasteiger partial charge < -0.3 is 9.47 Å². The Morgan fingerprint density at radius 2 is 1.27 bits per heavy atom. The van der Waals surface area contributed by atoms with Crippen molar-refractivity contribution in [1.82, 2.24) is 0 Å². The zero-order valence-electron chi connectivity index (χ0n) is 5.89. The zero-order chi connectivity index (χ0) is 8.74. The summed E-state index contributed by atoms with van der Waals surface area (Å²) < 4.78 is 35.1. The molecule has 0 unspecified atom stereocenters. The van der Waals surface area contributed by atoms with Gasteiger partial charge in [-0.3, -0.25) is 4.55 Å². The standard InChI is InChI=1S/C4H8O2.H3NO3S/c1-2-6-4-3-5-1;1-5(2,3)4/h1-4H2;(H3,1,2,3,4). The minimum absolute atomic E-state index is 0.778. The quantitative estimate of drug-likeness (QED) is 0.461. The maximum absolute atomic E-state index is 8.97. The first-order valence-corrected chi connectivity index (χ1v) is 4.41. The molecule has 0 radical (unpaired) electrons. The number of nitrogens with two attached hydrogens (primary N) is 1. The number of rotatable bonds is 0. The minimum atomic E-state index is -4.17. The molecule has 1 fully saturated rings. The van der Waals surface area contributed by atoms with Crippen LogP contribution in [0.1, 0.15) is 0 Å². The Balaban J connectivity index is 0.000000187. The highest BCUT2D eigenvalue weighted by Gasteiger charge is 1.94. The van der Waals surface area contributed by atoms with Crippen LogP contribution in [0.2, 0.25) is 0 Å². The second-order valence-corrected chi connectivity index (χ2v) is 2.77.